The normalized spacial score (nSPS) is 13.2. The molecule has 2 aromatic rings. The molecule has 0 spiro atoms. The Bertz CT molecular complexity index is 841. The van der Waals surface area contributed by atoms with Crippen molar-refractivity contribution in [1.82, 2.24) is 0 Å². The van der Waals surface area contributed by atoms with Gasteiger partial charge in [-0.3, -0.25) is 9.59 Å². The highest BCUT2D eigenvalue weighted by Crippen LogP contribution is 2.31. The van der Waals surface area contributed by atoms with E-state index in [0.29, 0.717) is 5.69 Å². The number of carbonyl (C=O) groups excluding carboxylic acids is 2. The van der Waals surface area contributed by atoms with Crippen molar-refractivity contribution in [3.8, 4) is 0 Å². The first-order valence-electron chi connectivity index (χ1n) is 8.95. The van der Waals surface area contributed by atoms with Crippen LogP contribution in [0.2, 0.25) is 0 Å². The van der Waals surface area contributed by atoms with E-state index in [1.54, 1.807) is 0 Å². The molecule has 1 aliphatic carbocycles. The maximum atomic E-state index is 12.3. The van der Waals surface area contributed by atoms with Crippen molar-refractivity contribution >= 4 is 28.9 Å². The first kappa shape index (κ1) is 18.0. The van der Waals surface area contributed by atoms with Crippen LogP contribution in [0.15, 0.2) is 36.4 Å². The van der Waals surface area contributed by atoms with Gasteiger partial charge in [0.05, 0.1) is 6.54 Å². The Morgan fingerprint density at radius 1 is 0.962 bits per heavy atom. The zero-order chi connectivity index (χ0) is 18.7. The number of nitrogens with one attached hydrogen (secondary N) is 3. The molecule has 5 heteroatoms. The van der Waals surface area contributed by atoms with Crippen LogP contribution in [0.4, 0.5) is 17.1 Å². The third-order valence-electron chi connectivity index (χ3n) is 4.65. The van der Waals surface area contributed by atoms with Gasteiger partial charge in [0.25, 0.3) is 0 Å². The molecular weight excluding hydrogens is 326 g/mol. The van der Waals surface area contributed by atoms with Crippen molar-refractivity contribution in [1.29, 1.82) is 0 Å². The molecule has 0 radical (unpaired) electrons. The molecule has 0 saturated heterocycles. The van der Waals surface area contributed by atoms with E-state index >= 15 is 0 Å². The van der Waals surface area contributed by atoms with E-state index in [1.807, 2.05) is 57.2 Å². The zero-order valence-corrected chi connectivity index (χ0v) is 15.5. The summed E-state index contributed by atoms with van der Waals surface area (Å²) < 4.78 is 0. The second-order valence-electron chi connectivity index (χ2n) is 6.96. The molecule has 1 fully saturated rings. The third kappa shape index (κ3) is 4.42. The Morgan fingerprint density at radius 2 is 1.65 bits per heavy atom. The summed E-state index contributed by atoms with van der Waals surface area (Å²) in [5.41, 5.74) is 5.54. The Hall–Kier alpha value is -2.82. The molecular formula is C21H25N3O2. The Morgan fingerprint density at radius 3 is 2.35 bits per heavy atom. The van der Waals surface area contributed by atoms with Crippen LogP contribution in [0.3, 0.4) is 0 Å². The summed E-state index contributed by atoms with van der Waals surface area (Å²) in [6.07, 6.45) is 1.93. The quantitative estimate of drug-likeness (QED) is 0.736. The summed E-state index contributed by atoms with van der Waals surface area (Å²) in [5.74, 6) is 0.0854. The van der Waals surface area contributed by atoms with Gasteiger partial charge >= 0.3 is 0 Å². The molecule has 5 nitrogen and oxygen atoms in total. The summed E-state index contributed by atoms with van der Waals surface area (Å²) >= 11 is 0. The van der Waals surface area contributed by atoms with Gasteiger partial charge in [0.2, 0.25) is 11.8 Å². The van der Waals surface area contributed by atoms with Crippen molar-refractivity contribution in [2.24, 2.45) is 5.92 Å². The van der Waals surface area contributed by atoms with Crippen LogP contribution in [0, 0.1) is 26.7 Å². The van der Waals surface area contributed by atoms with Gasteiger partial charge in [-0.1, -0.05) is 18.2 Å². The first-order valence-corrected chi connectivity index (χ1v) is 8.95. The van der Waals surface area contributed by atoms with E-state index < -0.39 is 0 Å². The molecule has 0 bridgehead atoms. The predicted molar refractivity (Wildman–Crippen MR) is 106 cm³/mol. The van der Waals surface area contributed by atoms with Crippen molar-refractivity contribution in [3.05, 3.63) is 53.1 Å². The standard InChI is InChI=1S/C21H25N3O2/c1-13-7-8-14(2)19(11-13)22-12-20(25)23-17-5-4-6-18(15(17)3)24-21(26)16-9-10-16/h4-8,11,16,22H,9-10,12H2,1-3H3,(H,23,25)(H,24,26). The largest absolute Gasteiger partial charge is 0.376 e. The number of amides is 2. The fourth-order valence-electron chi connectivity index (χ4n) is 2.78. The fourth-order valence-corrected chi connectivity index (χ4v) is 2.78. The van der Waals surface area contributed by atoms with E-state index in [9.17, 15) is 9.59 Å². The van der Waals surface area contributed by atoms with Crippen LogP contribution in [-0.2, 0) is 9.59 Å². The van der Waals surface area contributed by atoms with E-state index in [0.717, 1.165) is 40.9 Å². The molecule has 0 atom stereocenters. The zero-order valence-electron chi connectivity index (χ0n) is 15.5. The molecule has 2 amide bonds. The van der Waals surface area contributed by atoms with Crippen LogP contribution in [0.5, 0.6) is 0 Å². The molecule has 0 heterocycles. The number of anilines is 3. The SMILES string of the molecule is Cc1ccc(C)c(NCC(=O)Nc2cccc(NC(=O)C3CC3)c2C)c1. The number of aryl methyl sites for hydroxylation is 2. The number of hydrogen-bond acceptors (Lipinski definition) is 3. The fraction of sp³-hybridized carbons (Fsp3) is 0.333. The highest BCUT2D eigenvalue weighted by molar-refractivity contribution is 5.98. The van der Waals surface area contributed by atoms with Gasteiger partial charge in [-0.15, -0.1) is 0 Å². The van der Waals surface area contributed by atoms with Crippen molar-refractivity contribution < 1.29 is 9.59 Å². The number of benzene rings is 2. The summed E-state index contributed by atoms with van der Waals surface area (Å²) in [7, 11) is 0. The van der Waals surface area contributed by atoms with Crippen molar-refractivity contribution in [2.45, 2.75) is 33.6 Å². The average molecular weight is 351 g/mol. The summed E-state index contributed by atoms with van der Waals surface area (Å²) in [4.78, 5) is 24.3. The highest BCUT2D eigenvalue weighted by Gasteiger charge is 2.29. The predicted octanol–water partition coefficient (Wildman–Crippen LogP) is 4.01. The number of carbonyl (C=O) groups is 2. The van der Waals surface area contributed by atoms with Crippen LogP contribution in [0.25, 0.3) is 0 Å². The summed E-state index contributed by atoms with van der Waals surface area (Å²) in [6, 6.07) is 11.7. The van der Waals surface area contributed by atoms with Gasteiger partial charge in [0, 0.05) is 23.0 Å². The lowest BCUT2D eigenvalue weighted by molar-refractivity contribution is -0.117. The minimum absolute atomic E-state index is 0.0631. The lowest BCUT2D eigenvalue weighted by atomic mass is 10.1. The molecule has 3 rings (SSSR count). The minimum atomic E-state index is -0.125. The monoisotopic (exact) mass is 351 g/mol. The lowest BCUT2D eigenvalue weighted by Gasteiger charge is -2.14. The smallest absolute Gasteiger partial charge is 0.243 e. The topological polar surface area (TPSA) is 70.2 Å². The van der Waals surface area contributed by atoms with Crippen LogP contribution in [0.1, 0.15) is 29.5 Å². The second-order valence-corrected chi connectivity index (χ2v) is 6.96. The highest BCUT2D eigenvalue weighted by atomic mass is 16.2. The second kappa shape index (κ2) is 7.60. The first-order chi connectivity index (χ1) is 12.4. The van der Waals surface area contributed by atoms with Gasteiger partial charge in [-0.2, -0.15) is 0 Å². The maximum Gasteiger partial charge on any atom is 0.243 e. The molecule has 0 aromatic heterocycles. The molecule has 3 N–H and O–H groups in total. The van der Waals surface area contributed by atoms with E-state index in [2.05, 4.69) is 16.0 Å². The minimum Gasteiger partial charge on any atom is -0.376 e. The molecule has 1 aliphatic rings. The molecule has 1 saturated carbocycles. The molecule has 136 valence electrons. The van der Waals surface area contributed by atoms with Crippen LogP contribution >= 0.6 is 0 Å². The van der Waals surface area contributed by atoms with Gasteiger partial charge in [0.1, 0.15) is 0 Å². The molecule has 0 aliphatic heterocycles. The van der Waals surface area contributed by atoms with Gasteiger partial charge in [-0.05, 0) is 68.5 Å². The van der Waals surface area contributed by atoms with Crippen molar-refractivity contribution in [3.63, 3.8) is 0 Å². The third-order valence-corrected chi connectivity index (χ3v) is 4.65. The van der Waals surface area contributed by atoms with Crippen LogP contribution < -0.4 is 16.0 Å². The Kier molecular flexibility index (Phi) is 5.26. The Labute approximate surface area is 154 Å². The van der Waals surface area contributed by atoms with Gasteiger partial charge in [0.15, 0.2) is 0 Å². The molecule has 0 unspecified atom stereocenters. The van der Waals surface area contributed by atoms with E-state index in [-0.39, 0.29) is 24.3 Å². The van der Waals surface area contributed by atoms with Crippen LogP contribution in [-0.4, -0.2) is 18.4 Å². The summed E-state index contributed by atoms with van der Waals surface area (Å²) in [5, 5.41) is 9.05. The maximum absolute atomic E-state index is 12.3. The van der Waals surface area contributed by atoms with Gasteiger partial charge in [-0.25, -0.2) is 0 Å². The summed E-state index contributed by atoms with van der Waals surface area (Å²) in [6.45, 7) is 6.12. The van der Waals surface area contributed by atoms with E-state index in [1.165, 1.54) is 0 Å². The van der Waals surface area contributed by atoms with Gasteiger partial charge < -0.3 is 16.0 Å². The molecule has 26 heavy (non-hydrogen) atoms. The lowest BCUT2D eigenvalue weighted by Crippen LogP contribution is -2.23. The van der Waals surface area contributed by atoms with Crippen molar-refractivity contribution in [2.75, 3.05) is 22.5 Å². The van der Waals surface area contributed by atoms with E-state index in [4.69, 9.17) is 0 Å². The molecule has 2 aromatic carbocycles. The Balaban J connectivity index is 1.61. The number of rotatable bonds is 6. The average Bonchev–Trinajstić information content (AvgIpc) is 3.44. The number of hydrogen-bond donors (Lipinski definition) is 3.